The topological polar surface area (TPSA) is 113 Å². The summed E-state index contributed by atoms with van der Waals surface area (Å²) in [7, 11) is 0. The van der Waals surface area contributed by atoms with Crippen molar-refractivity contribution in [2.45, 2.75) is 17.9 Å². The van der Waals surface area contributed by atoms with E-state index in [0.717, 1.165) is 27.8 Å². The van der Waals surface area contributed by atoms with Gasteiger partial charge in [-0.3, -0.25) is 4.79 Å². The van der Waals surface area contributed by atoms with Crippen molar-refractivity contribution in [1.29, 1.82) is 0 Å². The van der Waals surface area contributed by atoms with Crippen molar-refractivity contribution in [3.05, 3.63) is 59.7 Å². The molecule has 0 radical (unpaired) electrons. The molecule has 0 aromatic heterocycles. The Morgan fingerprint density at radius 1 is 1.00 bits per heavy atom. The van der Waals surface area contributed by atoms with Crippen LogP contribution in [0.1, 0.15) is 23.5 Å². The smallest absolute Gasteiger partial charge is 0.341 e. The maximum atomic E-state index is 13.2. The molecule has 0 bridgehead atoms. The molecule has 0 saturated carbocycles. The number of aliphatic carboxylic acids is 2. The highest BCUT2D eigenvalue weighted by Crippen LogP contribution is 2.44. The van der Waals surface area contributed by atoms with Crippen molar-refractivity contribution >= 4 is 17.9 Å². The maximum absolute atomic E-state index is 13.2. The monoisotopic (exact) mass is 373 g/mol. The first-order chi connectivity index (χ1) is 12.9. The minimum atomic E-state index is -3.00. The van der Waals surface area contributed by atoms with Gasteiger partial charge in [0.2, 0.25) is 0 Å². The summed E-state index contributed by atoms with van der Waals surface area (Å²) in [6.45, 7) is -0.247. The highest BCUT2D eigenvalue weighted by Gasteiger charge is 2.51. The Hall–Kier alpha value is -3.26. The molecule has 1 aliphatic carbocycles. The van der Waals surface area contributed by atoms with Crippen LogP contribution in [0.15, 0.2) is 48.5 Å². The normalized spacial score (nSPS) is 14.7. The second-order valence-corrected chi connectivity index (χ2v) is 6.20. The second kappa shape index (κ2) is 7.16. The molecule has 2 aromatic carbocycles. The van der Waals surface area contributed by atoms with Crippen LogP contribution in [0.4, 0.5) is 4.48 Å². The molecule has 0 saturated heterocycles. The molecular weight excluding hydrogens is 357 g/mol. The Morgan fingerprint density at radius 3 is 1.96 bits per heavy atom. The fraction of sp³-hybridized carbons (Fsp3) is 0.211. The number of carboxylic acid groups (broad SMARTS) is 2. The molecule has 0 heterocycles. The summed E-state index contributed by atoms with van der Waals surface area (Å²) in [5, 5.41) is 18.0. The molecule has 27 heavy (non-hydrogen) atoms. The molecule has 8 heteroatoms. The van der Waals surface area contributed by atoms with Crippen LogP contribution in [0, 0.1) is 0 Å². The van der Waals surface area contributed by atoms with E-state index in [9.17, 15) is 24.0 Å². The van der Waals surface area contributed by atoms with Gasteiger partial charge in [0.1, 0.15) is 6.61 Å². The minimum Gasteiger partial charge on any atom is -0.481 e. The van der Waals surface area contributed by atoms with Crippen molar-refractivity contribution in [3.63, 3.8) is 0 Å². The van der Waals surface area contributed by atoms with E-state index in [2.05, 4.69) is 0 Å². The number of nitrogens with one attached hydrogen (secondary N) is 1. The van der Waals surface area contributed by atoms with Gasteiger partial charge in [0.25, 0.3) is 5.54 Å². The van der Waals surface area contributed by atoms with Crippen molar-refractivity contribution < 1.29 is 33.8 Å². The van der Waals surface area contributed by atoms with Gasteiger partial charge in [0.05, 0.1) is 6.42 Å². The van der Waals surface area contributed by atoms with Gasteiger partial charge in [-0.25, -0.2) is 9.59 Å². The minimum absolute atomic E-state index is 0.247. The van der Waals surface area contributed by atoms with E-state index >= 15 is 0 Å². The third-order valence-electron chi connectivity index (χ3n) is 4.63. The van der Waals surface area contributed by atoms with E-state index in [-0.39, 0.29) is 12.5 Å². The first kappa shape index (κ1) is 18.5. The molecule has 0 amide bonds. The number of esters is 1. The molecule has 1 aliphatic rings. The highest BCUT2D eigenvalue weighted by molar-refractivity contribution is 6.06. The molecular formula is C19H16FNO6. The van der Waals surface area contributed by atoms with Crippen molar-refractivity contribution in [1.82, 2.24) is 5.54 Å². The van der Waals surface area contributed by atoms with Crippen LogP contribution in [-0.4, -0.2) is 40.3 Å². The molecule has 1 atom stereocenters. The zero-order valence-electron chi connectivity index (χ0n) is 14.0. The van der Waals surface area contributed by atoms with Crippen LogP contribution in [0.2, 0.25) is 0 Å². The summed E-state index contributed by atoms with van der Waals surface area (Å²) in [4.78, 5) is 34.5. The van der Waals surface area contributed by atoms with Crippen LogP contribution in [0.3, 0.4) is 0 Å². The number of carboxylic acids is 2. The van der Waals surface area contributed by atoms with Crippen molar-refractivity contribution in [3.8, 4) is 11.1 Å². The van der Waals surface area contributed by atoms with Crippen LogP contribution in [-0.2, 0) is 19.1 Å². The van der Waals surface area contributed by atoms with Gasteiger partial charge in [-0.05, 0) is 22.3 Å². The summed E-state index contributed by atoms with van der Waals surface area (Å²) in [5.74, 6) is -5.49. The molecule has 0 spiro atoms. The molecule has 140 valence electrons. The molecule has 7 nitrogen and oxygen atoms in total. The fourth-order valence-electron chi connectivity index (χ4n) is 3.30. The van der Waals surface area contributed by atoms with E-state index in [1.54, 1.807) is 0 Å². The second-order valence-electron chi connectivity index (χ2n) is 6.20. The van der Waals surface area contributed by atoms with Gasteiger partial charge in [0.15, 0.2) is 0 Å². The number of hydrogen-bond donors (Lipinski definition) is 3. The Bertz CT molecular complexity index is 869. The number of halogens is 1. The van der Waals surface area contributed by atoms with E-state index in [4.69, 9.17) is 9.84 Å². The molecule has 0 aliphatic heterocycles. The summed E-state index contributed by atoms with van der Waals surface area (Å²) in [5.41, 5.74) is 1.52. The Balaban J connectivity index is 1.87. The van der Waals surface area contributed by atoms with Crippen LogP contribution in [0.5, 0.6) is 0 Å². The zero-order valence-corrected chi connectivity index (χ0v) is 14.0. The Labute approximate surface area is 153 Å². The van der Waals surface area contributed by atoms with Crippen molar-refractivity contribution in [2.24, 2.45) is 0 Å². The van der Waals surface area contributed by atoms with E-state index in [1.807, 2.05) is 48.5 Å². The average Bonchev–Trinajstić information content (AvgIpc) is 2.97. The van der Waals surface area contributed by atoms with Gasteiger partial charge in [0, 0.05) is 5.92 Å². The molecule has 3 rings (SSSR count). The van der Waals surface area contributed by atoms with Crippen LogP contribution < -0.4 is 5.54 Å². The Kier molecular flexibility index (Phi) is 4.91. The number of carbonyl (C=O) groups is 3. The predicted octanol–water partition coefficient (Wildman–Crippen LogP) is 2.11. The van der Waals surface area contributed by atoms with Crippen LogP contribution in [0.25, 0.3) is 11.1 Å². The lowest BCUT2D eigenvalue weighted by Crippen LogP contribution is -2.57. The number of benzene rings is 2. The SMILES string of the molecule is O=C(O)C[C@](NF)(C(=O)O)C(=O)OCC1c2ccccc2-c2ccccc21. The lowest BCUT2D eigenvalue weighted by atomic mass is 9.95. The third-order valence-corrected chi connectivity index (χ3v) is 4.63. The number of ether oxygens (including phenoxy) is 1. The van der Waals surface area contributed by atoms with E-state index < -0.39 is 29.9 Å². The zero-order chi connectivity index (χ0) is 19.6. The van der Waals surface area contributed by atoms with Gasteiger partial charge < -0.3 is 14.9 Å². The van der Waals surface area contributed by atoms with Crippen molar-refractivity contribution in [2.75, 3.05) is 6.61 Å². The largest absolute Gasteiger partial charge is 0.481 e. The number of hydrogen-bond acceptors (Lipinski definition) is 5. The lowest BCUT2D eigenvalue weighted by Gasteiger charge is -2.24. The number of carbonyl (C=O) groups excluding carboxylic acids is 1. The molecule has 3 N–H and O–H groups in total. The number of rotatable bonds is 7. The predicted molar refractivity (Wildman–Crippen MR) is 91.5 cm³/mol. The Morgan fingerprint density at radius 2 is 1.52 bits per heavy atom. The van der Waals surface area contributed by atoms with Crippen LogP contribution >= 0.6 is 0 Å². The van der Waals surface area contributed by atoms with Gasteiger partial charge in [-0.2, -0.15) is 0 Å². The standard InChI is InChI=1S/C19H16FNO6/c20-21-19(17(24)25,9-16(22)23)18(26)27-10-15-13-7-3-1-5-11(13)12-6-2-4-8-14(12)15/h1-8,15,21H,9-10H2,(H,22,23)(H,24,25)/t19-/m0/s1. The van der Waals surface area contributed by atoms with E-state index in [0.29, 0.717) is 0 Å². The van der Waals surface area contributed by atoms with E-state index in [1.165, 1.54) is 0 Å². The maximum Gasteiger partial charge on any atom is 0.341 e. The molecule has 0 fully saturated rings. The fourth-order valence-corrected chi connectivity index (χ4v) is 3.30. The number of fused-ring (bicyclic) bond motifs is 3. The summed E-state index contributed by atoms with van der Waals surface area (Å²) >= 11 is 0. The summed E-state index contributed by atoms with van der Waals surface area (Å²) in [6.07, 6.45) is -1.30. The lowest BCUT2D eigenvalue weighted by molar-refractivity contribution is -0.170. The quantitative estimate of drug-likeness (QED) is 0.387. The van der Waals surface area contributed by atoms with Gasteiger partial charge >= 0.3 is 17.9 Å². The average molecular weight is 373 g/mol. The first-order valence-corrected chi connectivity index (χ1v) is 8.09. The summed E-state index contributed by atoms with van der Waals surface area (Å²) < 4.78 is 18.2. The molecule has 2 aromatic rings. The first-order valence-electron chi connectivity index (χ1n) is 8.09. The van der Waals surface area contributed by atoms with Gasteiger partial charge in [-0.1, -0.05) is 48.5 Å². The summed E-state index contributed by atoms with van der Waals surface area (Å²) in [6, 6.07) is 15.0. The van der Waals surface area contributed by atoms with Gasteiger partial charge in [-0.15, -0.1) is 10.0 Å². The third kappa shape index (κ3) is 3.15. The highest BCUT2D eigenvalue weighted by atomic mass is 19.2. The molecule has 0 unspecified atom stereocenters.